The molecule has 0 heterocycles. The maximum absolute atomic E-state index is 5.05. The zero-order chi connectivity index (χ0) is 11.5. The van der Waals surface area contributed by atoms with Crippen LogP contribution in [0.5, 0.6) is 0 Å². The van der Waals surface area contributed by atoms with Gasteiger partial charge in [0.05, 0.1) is 13.2 Å². The SMILES string of the molecule is CNCCC(=C/COC)/C(C)=C\COC. The van der Waals surface area contributed by atoms with Crippen LogP contribution in [0, 0.1) is 0 Å². The van der Waals surface area contributed by atoms with Crippen LogP contribution in [0.15, 0.2) is 23.3 Å². The second-order valence-corrected chi connectivity index (χ2v) is 3.38. The number of rotatable bonds is 8. The van der Waals surface area contributed by atoms with E-state index in [1.807, 2.05) is 7.05 Å². The first-order valence-corrected chi connectivity index (χ1v) is 5.24. The Kier molecular flexibility index (Phi) is 9.48. The molecular weight excluding hydrogens is 190 g/mol. The molecule has 0 fully saturated rings. The molecule has 0 aromatic rings. The molecule has 0 saturated carbocycles. The van der Waals surface area contributed by atoms with Gasteiger partial charge in [-0.05, 0) is 38.1 Å². The van der Waals surface area contributed by atoms with Crippen LogP contribution in [-0.4, -0.2) is 41.0 Å². The van der Waals surface area contributed by atoms with Gasteiger partial charge in [-0.3, -0.25) is 0 Å². The lowest BCUT2D eigenvalue weighted by atomic mass is 10.0. The maximum atomic E-state index is 5.05. The summed E-state index contributed by atoms with van der Waals surface area (Å²) in [5.41, 5.74) is 2.59. The molecule has 0 bridgehead atoms. The topological polar surface area (TPSA) is 30.5 Å². The van der Waals surface area contributed by atoms with Gasteiger partial charge in [0.15, 0.2) is 0 Å². The van der Waals surface area contributed by atoms with E-state index in [9.17, 15) is 0 Å². The number of hydrogen-bond acceptors (Lipinski definition) is 3. The molecule has 0 aliphatic rings. The van der Waals surface area contributed by atoms with Gasteiger partial charge in [0.25, 0.3) is 0 Å². The van der Waals surface area contributed by atoms with E-state index in [0.29, 0.717) is 13.2 Å². The van der Waals surface area contributed by atoms with Crippen LogP contribution in [-0.2, 0) is 9.47 Å². The Bertz CT molecular complexity index is 210. The highest BCUT2D eigenvalue weighted by Gasteiger charge is 1.99. The molecule has 15 heavy (non-hydrogen) atoms. The number of methoxy groups -OCH3 is 2. The summed E-state index contributed by atoms with van der Waals surface area (Å²) in [5.74, 6) is 0. The Morgan fingerprint density at radius 2 is 1.73 bits per heavy atom. The average Bonchev–Trinajstić information content (AvgIpc) is 2.26. The lowest BCUT2D eigenvalue weighted by Crippen LogP contribution is -2.09. The maximum Gasteiger partial charge on any atom is 0.0649 e. The molecule has 3 heteroatoms. The largest absolute Gasteiger partial charge is 0.381 e. The molecule has 0 radical (unpaired) electrons. The van der Waals surface area contributed by atoms with Gasteiger partial charge in [0.1, 0.15) is 0 Å². The van der Waals surface area contributed by atoms with E-state index in [2.05, 4.69) is 24.4 Å². The first-order valence-electron chi connectivity index (χ1n) is 5.24. The molecule has 0 saturated heterocycles. The number of nitrogens with one attached hydrogen (secondary N) is 1. The zero-order valence-corrected chi connectivity index (χ0v) is 10.3. The van der Waals surface area contributed by atoms with Crippen LogP contribution < -0.4 is 5.32 Å². The summed E-state index contributed by atoms with van der Waals surface area (Å²) in [6.07, 6.45) is 5.24. The van der Waals surface area contributed by atoms with Crippen molar-refractivity contribution in [1.82, 2.24) is 5.32 Å². The Balaban J connectivity index is 4.32. The van der Waals surface area contributed by atoms with Crippen molar-refractivity contribution in [3.8, 4) is 0 Å². The van der Waals surface area contributed by atoms with E-state index in [1.165, 1.54) is 11.1 Å². The highest BCUT2D eigenvalue weighted by Crippen LogP contribution is 2.12. The summed E-state index contributed by atoms with van der Waals surface area (Å²) in [5, 5.41) is 3.15. The fourth-order valence-electron chi connectivity index (χ4n) is 1.24. The molecule has 0 unspecified atom stereocenters. The molecule has 0 aromatic carbocycles. The molecule has 0 spiro atoms. The first-order chi connectivity index (χ1) is 7.26. The van der Waals surface area contributed by atoms with E-state index < -0.39 is 0 Å². The normalized spacial score (nSPS) is 13.3. The summed E-state index contributed by atoms with van der Waals surface area (Å²) in [6.45, 7) is 4.41. The molecule has 0 aliphatic carbocycles. The molecule has 0 atom stereocenters. The van der Waals surface area contributed by atoms with Crippen LogP contribution in [0.25, 0.3) is 0 Å². The third kappa shape index (κ3) is 7.31. The van der Waals surface area contributed by atoms with Crippen LogP contribution in [0.4, 0.5) is 0 Å². The van der Waals surface area contributed by atoms with Gasteiger partial charge in [0, 0.05) is 14.2 Å². The van der Waals surface area contributed by atoms with Crippen molar-refractivity contribution in [2.24, 2.45) is 0 Å². The molecule has 0 rings (SSSR count). The minimum atomic E-state index is 0.662. The van der Waals surface area contributed by atoms with Crippen LogP contribution in [0.2, 0.25) is 0 Å². The van der Waals surface area contributed by atoms with Gasteiger partial charge >= 0.3 is 0 Å². The third-order valence-corrected chi connectivity index (χ3v) is 2.20. The Morgan fingerprint density at radius 1 is 1.13 bits per heavy atom. The predicted molar refractivity (Wildman–Crippen MR) is 64.1 cm³/mol. The van der Waals surface area contributed by atoms with Gasteiger partial charge in [-0.2, -0.15) is 0 Å². The molecule has 88 valence electrons. The Labute approximate surface area is 93.2 Å². The van der Waals surface area contributed by atoms with Gasteiger partial charge < -0.3 is 14.8 Å². The standard InChI is InChI=1S/C12H23NO2/c1-11(6-9-14-3)12(5-8-13-2)7-10-15-4/h6-7,13H,5,8-10H2,1-4H3/b11-6-,12-7-. The third-order valence-electron chi connectivity index (χ3n) is 2.20. The zero-order valence-electron chi connectivity index (χ0n) is 10.3. The monoisotopic (exact) mass is 213 g/mol. The van der Waals surface area contributed by atoms with Crippen molar-refractivity contribution in [2.45, 2.75) is 13.3 Å². The summed E-state index contributed by atoms with van der Waals surface area (Å²) < 4.78 is 10.1. The van der Waals surface area contributed by atoms with Gasteiger partial charge in [-0.1, -0.05) is 12.2 Å². The van der Waals surface area contributed by atoms with Gasteiger partial charge in [-0.15, -0.1) is 0 Å². The summed E-state index contributed by atoms with van der Waals surface area (Å²) in [7, 11) is 5.37. The molecule has 1 N–H and O–H groups in total. The van der Waals surface area contributed by atoms with Crippen molar-refractivity contribution >= 4 is 0 Å². The lowest BCUT2D eigenvalue weighted by molar-refractivity contribution is 0.232. The number of ether oxygens (including phenoxy) is 2. The first kappa shape index (κ1) is 14.4. The molecular formula is C12H23NO2. The van der Waals surface area contributed by atoms with E-state index in [4.69, 9.17) is 9.47 Å². The highest BCUT2D eigenvalue weighted by atomic mass is 16.5. The van der Waals surface area contributed by atoms with E-state index in [0.717, 1.165) is 13.0 Å². The van der Waals surface area contributed by atoms with Crippen molar-refractivity contribution < 1.29 is 9.47 Å². The fourth-order valence-corrected chi connectivity index (χ4v) is 1.24. The van der Waals surface area contributed by atoms with E-state index >= 15 is 0 Å². The van der Waals surface area contributed by atoms with Crippen LogP contribution in [0.1, 0.15) is 13.3 Å². The number of hydrogen-bond donors (Lipinski definition) is 1. The molecule has 0 aromatic heterocycles. The average molecular weight is 213 g/mol. The van der Waals surface area contributed by atoms with E-state index in [1.54, 1.807) is 14.2 Å². The second kappa shape index (κ2) is 9.90. The molecule has 3 nitrogen and oxygen atoms in total. The minimum Gasteiger partial charge on any atom is -0.381 e. The molecule has 0 amide bonds. The Morgan fingerprint density at radius 3 is 2.27 bits per heavy atom. The highest BCUT2D eigenvalue weighted by molar-refractivity contribution is 5.29. The minimum absolute atomic E-state index is 0.662. The smallest absolute Gasteiger partial charge is 0.0649 e. The summed E-state index contributed by atoms with van der Waals surface area (Å²) in [4.78, 5) is 0. The van der Waals surface area contributed by atoms with Gasteiger partial charge in [-0.25, -0.2) is 0 Å². The summed E-state index contributed by atoms with van der Waals surface area (Å²) >= 11 is 0. The van der Waals surface area contributed by atoms with Crippen molar-refractivity contribution in [3.63, 3.8) is 0 Å². The van der Waals surface area contributed by atoms with Crippen LogP contribution >= 0.6 is 0 Å². The quantitative estimate of drug-likeness (QED) is 0.623. The van der Waals surface area contributed by atoms with Gasteiger partial charge in [0.2, 0.25) is 0 Å². The van der Waals surface area contributed by atoms with Crippen molar-refractivity contribution in [3.05, 3.63) is 23.3 Å². The fraction of sp³-hybridized carbons (Fsp3) is 0.667. The Hall–Kier alpha value is -0.640. The second-order valence-electron chi connectivity index (χ2n) is 3.38. The van der Waals surface area contributed by atoms with Crippen molar-refractivity contribution in [1.29, 1.82) is 0 Å². The summed E-state index contributed by atoms with van der Waals surface area (Å²) in [6, 6.07) is 0. The van der Waals surface area contributed by atoms with E-state index in [-0.39, 0.29) is 0 Å². The predicted octanol–water partition coefficient (Wildman–Crippen LogP) is 1.76. The van der Waals surface area contributed by atoms with Crippen molar-refractivity contribution in [2.75, 3.05) is 41.0 Å². The molecule has 0 aliphatic heterocycles. The number of allylic oxidation sites excluding steroid dienone is 1. The lowest BCUT2D eigenvalue weighted by Gasteiger charge is -2.08. The van der Waals surface area contributed by atoms with Crippen LogP contribution in [0.3, 0.4) is 0 Å².